The minimum Gasteiger partial charge on any atom is -0.487 e. The summed E-state index contributed by atoms with van der Waals surface area (Å²) < 4.78 is 5.87. The van der Waals surface area contributed by atoms with Gasteiger partial charge in [-0.05, 0) is 36.4 Å². The first kappa shape index (κ1) is 21.4. The number of nitro benzene ring substituents is 1. The lowest BCUT2D eigenvalue weighted by Crippen LogP contribution is -2.00. The monoisotopic (exact) mass is 468 g/mol. The van der Waals surface area contributed by atoms with Crippen molar-refractivity contribution < 1.29 is 9.66 Å². The van der Waals surface area contributed by atoms with Crippen LogP contribution in [0.5, 0.6) is 5.75 Å². The Balaban J connectivity index is 1.85. The Kier molecular flexibility index (Phi) is 6.98. The van der Waals surface area contributed by atoms with Gasteiger partial charge in [-0.3, -0.25) is 15.1 Å². The van der Waals surface area contributed by atoms with Gasteiger partial charge in [-0.1, -0.05) is 52.5 Å². The third kappa shape index (κ3) is 5.61. The number of rotatable bonds is 6. The maximum Gasteiger partial charge on any atom is 0.269 e. The van der Waals surface area contributed by atoms with Crippen molar-refractivity contribution in [1.29, 1.82) is 0 Å². The van der Waals surface area contributed by atoms with Crippen LogP contribution >= 0.6 is 46.4 Å². The van der Waals surface area contributed by atoms with Crippen LogP contribution in [0.3, 0.4) is 0 Å². The molecule has 5 nitrogen and oxygen atoms in total. The fourth-order valence-corrected chi connectivity index (χ4v) is 3.45. The van der Waals surface area contributed by atoms with E-state index in [2.05, 4.69) is 4.99 Å². The summed E-state index contributed by atoms with van der Waals surface area (Å²) in [5.41, 5.74) is 1.79. The van der Waals surface area contributed by atoms with Gasteiger partial charge in [0.25, 0.3) is 5.69 Å². The van der Waals surface area contributed by atoms with E-state index in [9.17, 15) is 10.1 Å². The average Bonchev–Trinajstić information content (AvgIpc) is 2.67. The summed E-state index contributed by atoms with van der Waals surface area (Å²) in [7, 11) is 0. The normalized spacial score (nSPS) is 11.0. The van der Waals surface area contributed by atoms with Crippen molar-refractivity contribution in [2.45, 2.75) is 6.61 Å². The molecular weight excluding hydrogens is 458 g/mol. The van der Waals surface area contributed by atoms with Crippen molar-refractivity contribution in [3.8, 4) is 5.75 Å². The first-order valence-corrected chi connectivity index (χ1v) is 9.69. The Morgan fingerprint density at radius 2 is 1.62 bits per heavy atom. The van der Waals surface area contributed by atoms with Gasteiger partial charge in [0.05, 0.1) is 15.6 Å². The summed E-state index contributed by atoms with van der Waals surface area (Å²) in [6, 6.07) is 14.1. The van der Waals surface area contributed by atoms with Gasteiger partial charge in [-0.15, -0.1) is 0 Å². The van der Waals surface area contributed by atoms with Crippen LogP contribution in [0.4, 0.5) is 11.4 Å². The predicted molar refractivity (Wildman–Crippen MR) is 118 cm³/mol. The highest BCUT2D eigenvalue weighted by atomic mass is 35.5. The van der Waals surface area contributed by atoms with E-state index >= 15 is 0 Å². The molecule has 9 heteroatoms. The highest BCUT2D eigenvalue weighted by Gasteiger charge is 2.12. The maximum absolute atomic E-state index is 10.7. The molecule has 3 rings (SSSR count). The van der Waals surface area contributed by atoms with Crippen molar-refractivity contribution in [3.63, 3.8) is 0 Å². The SMILES string of the molecule is O=[N+]([O-])c1ccc(N=Cc2cc(Cl)cc(Cl)c2OCc2ccc(Cl)cc2Cl)cc1. The summed E-state index contributed by atoms with van der Waals surface area (Å²) in [6.45, 7) is 0.162. The molecule has 3 aromatic rings. The van der Waals surface area contributed by atoms with Crippen LogP contribution in [0.2, 0.25) is 20.1 Å². The Hall–Kier alpha value is -2.31. The van der Waals surface area contributed by atoms with Crippen molar-refractivity contribution in [2.75, 3.05) is 0 Å². The van der Waals surface area contributed by atoms with Crippen LogP contribution in [0.25, 0.3) is 0 Å². The summed E-state index contributed by atoms with van der Waals surface area (Å²) >= 11 is 24.5. The van der Waals surface area contributed by atoms with Crippen LogP contribution in [-0.2, 0) is 6.61 Å². The van der Waals surface area contributed by atoms with Gasteiger partial charge in [0, 0.05) is 44.5 Å². The molecule has 29 heavy (non-hydrogen) atoms. The van der Waals surface area contributed by atoms with Crippen molar-refractivity contribution >= 4 is 64.0 Å². The highest BCUT2D eigenvalue weighted by Crippen LogP contribution is 2.33. The second-order valence-corrected chi connectivity index (χ2v) is 7.55. The molecule has 0 aliphatic carbocycles. The smallest absolute Gasteiger partial charge is 0.269 e. The maximum atomic E-state index is 10.7. The quantitative estimate of drug-likeness (QED) is 0.213. The fourth-order valence-electron chi connectivity index (χ4n) is 2.42. The van der Waals surface area contributed by atoms with Gasteiger partial charge >= 0.3 is 0 Å². The first-order valence-electron chi connectivity index (χ1n) is 8.18. The molecule has 0 aliphatic rings. The Morgan fingerprint density at radius 1 is 0.931 bits per heavy atom. The molecule has 0 aliphatic heterocycles. The molecule has 0 amide bonds. The third-order valence-electron chi connectivity index (χ3n) is 3.84. The number of non-ortho nitro benzene ring substituents is 1. The van der Waals surface area contributed by atoms with Crippen LogP contribution in [0, 0.1) is 10.1 Å². The molecule has 3 aromatic carbocycles. The molecule has 148 valence electrons. The van der Waals surface area contributed by atoms with E-state index in [-0.39, 0.29) is 12.3 Å². The van der Waals surface area contributed by atoms with Crippen LogP contribution in [0.1, 0.15) is 11.1 Å². The van der Waals surface area contributed by atoms with E-state index in [0.717, 1.165) is 5.56 Å². The number of hydrogen-bond acceptors (Lipinski definition) is 4. The molecular formula is C20H12Cl4N2O3. The van der Waals surface area contributed by atoms with Crippen molar-refractivity contribution in [3.05, 3.63) is 95.9 Å². The minimum atomic E-state index is -0.474. The van der Waals surface area contributed by atoms with E-state index in [1.54, 1.807) is 30.3 Å². The predicted octanol–water partition coefficient (Wildman–Crippen LogP) is 7.54. The summed E-state index contributed by atoms with van der Waals surface area (Å²) in [4.78, 5) is 14.6. The lowest BCUT2D eigenvalue weighted by molar-refractivity contribution is -0.384. The summed E-state index contributed by atoms with van der Waals surface area (Å²) in [6.07, 6.45) is 1.53. The number of halogens is 4. The zero-order valence-electron chi connectivity index (χ0n) is 14.6. The molecule has 0 saturated carbocycles. The van der Waals surface area contributed by atoms with Gasteiger partial charge in [-0.25, -0.2) is 0 Å². The van der Waals surface area contributed by atoms with E-state index < -0.39 is 4.92 Å². The Labute approximate surface area is 186 Å². The van der Waals surface area contributed by atoms with Crippen molar-refractivity contribution in [2.24, 2.45) is 4.99 Å². The van der Waals surface area contributed by atoms with Gasteiger partial charge < -0.3 is 4.74 Å². The number of benzene rings is 3. The average molecular weight is 470 g/mol. The first-order chi connectivity index (χ1) is 13.8. The van der Waals surface area contributed by atoms with Crippen LogP contribution in [-0.4, -0.2) is 11.1 Å². The van der Waals surface area contributed by atoms with E-state index in [1.807, 2.05) is 0 Å². The second-order valence-electron chi connectivity index (χ2n) is 5.86. The fraction of sp³-hybridized carbons (Fsp3) is 0.0500. The standard InChI is InChI=1S/C20H12Cl4N2O3/c21-14-2-1-12(18(23)8-14)11-29-20-13(7-15(22)9-19(20)24)10-25-16-3-5-17(6-4-16)26(27)28/h1-10H,11H2. The number of aliphatic imine (C=N–C) groups is 1. The molecule has 0 unspecified atom stereocenters. The van der Waals surface area contributed by atoms with Crippen molar-refractivity contribution in [1.82, 2.24) is 0 Å². The summed E-state index contributed by atoms with van der Waals surface area (Å²) in [5, 5.41) is 12.5. The zero-order chi connectivity index (χ0) is 21.0. The van der Waals surface area contributed by atoms with Crippen LogP contribution < -0.4 is 4.74 Å². The lowest BCUT2D eigenvalue weighted by Gasteiger charge is -2.12. The number of nitrogens with zero attached hydrogens (tertiary/aromatic N) is 2. The number of ether oxygens (including phenoxy) is 1. The third-order valence-corrected chi connectivity index (χ3v) is 4.92. The minimum absolute atomic E-state index is 0.0152. The topological polar surface area (TPSA) is 64.7 Å². The molecule has 0 radical (unpaired) electrons. The lowest BCUT2D eigenvalue weighted by atomic mass is 10.2. The highest BCUT2D eigenvalue weighted by molar-refractivity contribution is 6.36. The molecule has 0 heterocycles. The zero-order valence-corrected chi connectivity index (χ0v) is 17.6. The van der Waals surface area contributed by atoms with Gasteiger partial charge in [0.15, 0.2) is 0 Å². The number of hydrogen-bond donors (Lipinski definition) is 0. The van der Waals surface area contributed by atoms with Crippen LogP contribution in [0.15, 0.2) is 59.6 Å². The molecule has 0 aromatic heterocycles. The molecule has 0 atom stereocenters. The molecule has 0 bridgehead atoms. The van der Waals surface area contributed by atoms with E-state index in [0.29, 0.717) is 37.1 Å². The Bertz CT molecular complexity index is 1090. The van der Waals surface area contributed by atoms with Gasteiger partial charge in [0.2, 0.25) is 0 Å². The van der Waals surface area contributed by atoms with E-state index in [1.165, 1.54) is 30.5 Å². The molecule has 0 N–H and O–H groups in total. The molecule has 0 fully saturated rings. The molecule has 0 saturated heterocycles. The largest absolute Gasteiger partial charge is 0.487 e. The van der Waals surface area contributed by atoms with E-state index in [4.69, 9.17) is 51.1 Å². The summed E-state index contributed by atoms with van der Waals surface area (Å²) in [5.74, 6) is 0.382. The van der Waals surface area contributed by atoms with Gasteiger partial charge in [-0.2, -0.15) is 0 Å². The Morgan fingerprint density at radius 3 is 2.28 bits per heavy atom. The van der Waals surface area contributed by atoms with Gasteiger partial charge in [0.1, 0.15) is 12.4 Å². The second kappa shape index (κ2) is 9.46. The molecule has 0 spiro atoms. The number of nitro groups is 1.